The molecule has 0 aromatic heterocycles. The van der Waals surface area contributed by atoms with Crippen LogP contribution in [0.2, 0.25) is 0 Å². The van der Waals surface area contributed by atoms with Crippen molar-refractivity contribution in [3.63, 3.8) is 0 Å². The molecule has 4 rings (SSSR count). The first-order chi connectivity index (χ1) is 11.4. The fourth-order valence-corrected chi connectivity index (χ4v) is 7.76. The van der Waals surface area contributed by atoms with Crippen LogP contribution in [0.3, 0.4) is 0 Å². The Hall–Kier alpha value is -1.03. The Kier molecular flexibility index (Phi) is 3.76. The van der Waals surface area contributed by atoms with Gasteiger partial charge in [0.15, 0.2) is 0 Å². The third-order valence-electron chi connectivity index (χ3n) is 8.67. The van der Waals surface area contributed by atoms with E-state index in [9.17, 15) is 5.26 Å². The molecule has 3 saturated carbocycles. The van der Waals surface area contributed by atoms with Crippen molar-refractivity contribution in [3.05, 3.63) is 23.3 Å². The minimum atomic E-state index is 0.301. The highest BCUT2D eigenvalue weighted by molar-refractivity contribution is 5.31. The van der Waals surface area contributed by atoms with Gasteiger partial charge in [0.05, 0.1) is 6.07 Å². The average molecular weight is 324 g/mol. The van der Waals surface area contributed by atoms with Gasteiger partial charge in [0.2, 0.25) is 0 Å². The zero-order chi connectivity index (χ0) is 17.1. The highest BCUT2D eigenvalue weighted by Crippen LogP contribution is 2.68. The summed E-state index contributed by atoms with van der Waals surface area (Å²) >= 11 is 0. The van der Waals surface area contributed by atoms with E-state index >= 15 is 0 Å². The third kappa shape index (κ3) is 2.11. The number of hydrogen-bond acceptors (Lipinski definition) is 1. The molecular weight excluding hydrogens is 290 g/mol. The van der Waals surface area contributed by atoms with Crippen LogP contribution in [0.15, 0.2) is 23.3 Å². The van der Waals surface area contributed by atoms with Crippen LogP contribution in [-0.2, 0) is 0 Å². The Morgan fingerprint density at radius 1 is 1.12 bits per heavy atom. The maximum absolute atomic E-state index is 9.22. The number of allylic oxidation sites excluding steroid dienone is 4. The van der Waals surface area contributed by atoms with Gasteiger partial charge in [-0.15, -0.1) is 0 Å². The first kappa shape index (κ1) is 16.4. The number of hydrogen-bond donors (Lipinski definition) is 0. The minimum Gasteiger partial charge on any atom is -0.193 e. The first-order valence-corrected chi connectivity index (χ1v) is 10.2. The number of nitrogens with zero attached hydrogens (tertiary/aromatic N) is 1. The van der Waals surface area contributed by atoms with Crippen molar-refractivity contribution >= 4 is 0 Å². The second kappa shape index (κ2) is 5.48. The lowest BCUT2D eigenvalue weighted by Crippen LogP contribution is -2.52. The fourth-order valence-electron chi connectivity index (χ4n) is 7.76. The van der Waals surface area contributed by atoms with Crippen molar-refractivity contribution in [1.82, 2.24) is 0 Å². The van der Waals surface area contributed by atoms with Gasteiger partial charge >= 0.3 is 0 Å². The second-order valence-corrected chi connectivity index (χ2v) is 9.90. The van der Waals surface area contributed by atoms with E-state index < -0.39 is 0 Å². The molecule has 0 saturated heterocycles. The molecule has 24 heavy (non-hydrogen) atoms. The molecule has 0 aromatic carbocycles. The van der Waals surface area contributed by atoms with Crippen LogP contribution in [0.4, 0.5) is 0 Å². The van der Waals surface area contributed by atoms with Gasteiger partial charge in [-0.05, 0) is 85.4 Å². The number of rotatable bonds is 0. The average Bonchev–Trinajstić information content (AvgIpc) is 2.84. The summed E-state index contributed by atoms with van der Waals surface area (Å²) in [6.45, 7) is 10.0. The zero-order valence-electron chi connectivity index (χ0n) is 15.9. The van der Waals surface area contributed by atoms with Crippen LogP contribution in [0.25, 0.3) is 0 Å². The van der Waals surface area contributed by atoms with Gasteiger partial charge in [0, 0.05) is 6.08 Å². The maximum Gasteiger partial charge on any atom is 0.0911 e. The molecule has 0 spiro atoms. The fraction of sp³-hybridized carbons (Fsp3) is 0.783. The lowest BCUT2D eigenvalue weighted by Gasteiger charge is -2.60. The Bertz CT molecular complexity index is 635. The van der Waals surface area contributed by atoms with Crippen molar-refractivity contribution in [1.29, 1.82) is 5.26 Å². The molecule has 5 unspecified atom stereocenters. The third-order valence-corrected chi connectivity index (χ3v) is 8.67. The predicted molar refractivity (Wildman–Crippen MR) is 99.1 cm³/mol. The van der Waals surface area contributed by atoms with Crippen molar-refractivity contribution in [2.24, 2.45) is 40.4 Å². The summed E-state index contributed by atoms with van der Waals surface area (Å²) in [6.07, 6.45) is 13.8. The molecule has 0 heterocycles. The van der Waals surface area contributed by atoms with Crippen molar-refractivity contribution in [3.8, 4) is 6.07 Å². The summed E-state index contributed by atoms with van der Waals surface area (Å²) < 4.78 is 0. The van der Waals surface area contributed by atoms with Gasteiger partial charge in [-0.25, -0.2) is 0 Å². The molecule has 4 aliphatic rings. The Morgan fingerprint density at radius 2 is 1.92 bits per heavy atom. The standard InChI is InChI=1S/C23H33N/c1-15-9-11-22(3)18(13-15)5-7-19-20-8-6-17(10-12-24)23(20,4)14-16(2)21(19)22/h10,13,15-16,19-21H,5-9,11,14H2,1-4H3/b17-10-/t15-,16-,19?,20?,21?,22?,23?/m0/s1. The molecule has 3 fully saturated rings. The Labute approximate surface area is 148 Å². The van der Waals surface area contributed by atoms with E-state index in [1.807, 2.05) is 6.08 Å². The lowest BCUT2D eigenvalue weighted by molar-refractivity contribution is -0.0635. The van der Waals surface area contributed by atoms with Crippen LogP contribution < -0.4 is 0 Å². The van der Waals surface area contributed by atoms with Crippen LogP contribution >= 0.6 is 0 Å². The van der Waals surface area contributed by atoms with Crippen molar-refractivity contribution in [2.75, 3.05) is 0 Å². The van der Waals surface area contributed by atoms with Gasteiger partial charge in [-0.3, -0.25) is 0 Å². The van der Waals surface area contributed by atoms with E-state index in [4.69, 9.17) is 0 Å². The summed E-state index contributed by atoms with van der Waals surface area (Å²) in [5, 5.41) is 9.22. The summed E-state index contributed by atoms with van der Waals surface area (Å²) in [5.41, 5.74) is 4.01. The van der Waals surface area contributed by atoms with E-state index in [0.29, 0.717) is 10.8 Å². The lowest BCUT2D eigenvalue weighted by atomic mass is 9.44. The van der Waals surface area contributed by atoms with Gasteiger partial charge in [-0.1, -0.05) is 44.9 Å². The SMILES string of the molecule is C[C@@H]1C=C2CCC3C([C@@H](C)CC4(C)/C(=C\C#N)CCC34)C2(C)CC1. The highest BCUT2D eigenvalue weighted by atomic mass is 14.6. The van der Waals surface area contributed by atoms with Crippen LogP contribution in [0, 0.1) is 51.8 Å². The quantitative estimate of drug-likeness (QED) is 0.380. The van der Waals surface area contributed by atoms with E-state index in [-0.39, 0.29) is 0 Å². The summed E-state index contributed by atoms with van der Waals surface area (Å²) in [4.78, 5) is 0. The largest absolute Gasteiger partial charge is 0.193 e. The van der Waals surface area contributed by atoms with Gasteiger partial charge in [0.25, 0.3) is 0 Å². The first-order valence-electron chi connectivity index (χ1n) is 10.2. The highest BCUT2D eigenvalue weighted by Gasteiger charge is 2.59. The van der Waals surface area contributed by atoms with Gasteiger partial charge < -0.3 is 0 Å². The monoisotopic (exact) mass is 323 g/mol. The molecule has 1 nitrogen and oxygen atoms in total. The molecule has 0 N–H and O–H groups in total. The second-order valence-electron chi connectivity index (χ2n) is 9.90. The van der Waals surface area contributed by atoms with E-state index in [1.54, 1.807) is 5.57 Å². The maximum atomic E-state index is 9.22. The van der Waals surface area contributed by atoms with E-state index in [0.717, 1.165) is 29.6 Å². The normalized spacial score (nSPS) is 52.0. The topological polar surface area (TPSA) is 23.8 Å². The van der Waals surface area contributed by atoms with Crippen LogP contribution in [0.5, 0.6) is 0 Å². The molecule has 0 radical (unpaired) electrons. The smallest absolute Gasteiger partial charge is 0.0911 e. The molecule has 4 aliphatic carbocycles. The van der Waals surface area contributed by atoms with Crippen LogP contribution in [-0.4, -0.2) is 0 Å². The number of nitriles is 1. The van der Waals surface area contributed by atoms with E-state index in [2.05, 4.69) is 39.8 Å². The molecule has 0 aromatic rings. The number of fused-ring (bicyclic) bond motifs is 5. The molecule has 1 heteroatoms. The summed E-state index contributed by atoms with van der Waals surface area (Å²) in [6, 6.07) is 2.34. The van der Waals surface area contributed by atoms with Crippen molar-refractivity contribution in [2.45, 2.75) is 72.6 Å². The molecule has 0 bridgehead atoms. The Balaban J connectivity index is 1.73. The molecule has 7 atom stereocenters. The molecule has 0 amide bonds. The summed E-state index contributed by atoms with van der Waals surface area (Å²) in [5.74, 6) is 4.11. The molecule has 0 aliphatic heterocycles. The van der Waals surface area contributed by atoms with Crippen molar-refractivity contribution < 1.29 is 0 Å². The Morgan fingerprint density at radius 3 is 2.67 bits per heavy atom. The van der Waals surface area contributed by atoms with Gasteiger partial charge in [-0.2, -0.15) is 5.26 Å². The van der Waals surface area contributed by atoms with E-state index in [1.165, 1.54) is 50.5 Å². The van der Waals surface area contributed by atoms with Gasteiger partial charge in [0.1, 0.15) is 0 Å². The van der Waals surface area contributed by atoms with Crippen LogP contribution in [0.1, 0.15) is 72.6 Å². The molecular formula is C23H33N. The molecule has 130 valence electrons. The predicted octanol–water partition coefficient (Wildman–Crippen LogP) is 6.28. The minimum absolute atomic E-state index is 0.301. The summed E-state index contributed by atoms with van der Waals surface area (Å²) in [7, 11) is 0. The zero-order valence-corrected chi connectivity index (χ0v) is 15.9.